The fourth-order valence-corrected chi connectivity index (χ4v) is 4.35. The zero-order valence-electron chi connectivity index (χ0n) is 19.6. The number of aromatic hydroxyl groups is 1. The van der Waals surface area contributed by atoms with Crippen molar-refractivity contribution in [3.63, 3.8) is 0 Å². The molecule has 2 aromatic rings. The lowest BCUT2D eigenvalue weighted by atomic mass is 9.96. The number of allylic oxidation sites excluding steroid dienone is 1. The summed E-state index contributed by atoms with van der Waals surface area (Å²) >= 11 is 0. The van der Waals surface area contributed by atoms with Crippen LogP contribution in [0.25, 0.3) is 6.08 Å². The molecule has 0 amide bonds. The van der Waals surface area contributed by atoms with Gasteiger partial charge in [-0.1, -0.05) is 6.07 Å². The van der Waals surface area contributed by atoms with Gasteiger partial charge in [-0.2, -0.15) is 0 Å². The van der Waals surface area contributed by atoms with E-state index in [1.807, 2.05) is 0 Å². The molecule has 34 heavy (non-hydrogen) atoms. The number of ether oxygens (including phenoxy) is 4. The van der Waals surface area contributed by atoms with Gasteiger partial charge in [0, 0.05) is 6.54 Å². The Morgan fingerprint density at radius 2 is 1.88 bits per heavy atom. The number of hydrogen-bond acceptors (Lipinski definition) is 8. The molecular weight excluding hydrogens is 438 g/mol. The quantitative estimate of drug-likeness (QED) is 0.485. The molecule has 8 nitrogen and oxygen atoms in total. The van der Waals surface area contributed by atoms with E-state index < -0.39 is 0 Å². The van der Waals surface area contributed by atoms with Gasteiger partial charge in [0.05, 0.1) is 37.9 Å². The molecule has 1 fully saturated rings. The van der Waals surface area contributed by atoms with E-state index in [4.69, 9.17) is 18.9 Å². The molecule has 0 spiro atoms. The Kier molecular flexibility index (Phi) is 7.07. The highest BCUT2D eigenvalue weighted by Crippen LogP contribution is 2.41. The average Bonchev–Trinajstić information content (AvgIpc) is 3.16. The lowest BCUT2D eigenvalue weighted by Crippen LogP contribution is -2.36. The van der Waals surface area contributed by atoms with Crippen LogP contribution in [0.3, 0.4) is 0 Å². The third-order valence-electron chi connectivity index (χ3n) is 6.21. The Bertz CT molecular complexity index is 1120. The van der Waals surface area contributed by atoms with Crippen LogP contribution in [0.4, 0.5) is 0 Å². The molecule has 2 aromatic carbocycles. The van der Waals surface area contributed by atoms with Crippen LogP contribution in [0, 0.1) is 5.92 Å². The summed E-state index contributed by atoms with van der Waals surface area (Å²) in [5.41, 5.74) is 1.71. The number of rotatable bonds is 7. The summed E-state index contributed by atoms with van der Waals surface area (Å²) in [7, 11) is 3.11. The first-order valence-corrected chi connectivity index (χ1v) is 11.3. The number of piperidine rings is 1. The number of phenolic OH excluding ortho intramolecular Hbond substituents is 1. The zero-order valence-corrected chi connectivity index (χ0v) is 19.6. The third-order valence-corrected chi connectivity index (χ3v) is 6.21. The van der Waals surface area contributed by atoms with Gasteiger partial charge in [-0.05, 0) is 68.8 Å². The lowest BCUT2D eigenvalue weighted by molar-refractivity contribution is -0.149. The Balaban J connectivity index is 1.52. The predicted molar refractivity (Wildman–Crippen MR) is 125 cm³/mol. The second kappa shape index (κ2) is 10.2. The minimum absolute atomic E-state index is 0.0754. The normalized spacial score (nSPS) is 17.4. The molecule has 8 heteroatoms. The molecule has 4 rings (SSSR count). The second-order valence-electron chi connectivity index (χ2n) is 8.30. The maximum atomic E-state index is 13.0. The van der Waals surface area contributed by atoms with Crippen molar-refractivity contribution in [3.05, 3.63) is 52.8 Å². The summed E-state index contributed by atoms with van der Waals surface area (Å²) in [4.78, 5) is 27.2. The number of phenols is 1. The topological polar surface area (TPSA) is 94.5 Å². The van der Waals surface area contributed by atoms with Crippen molar-refractivity contribution in [1.82, 2.24) is 4.90 Å². The van der Waals surface area contributed by atoms with Gasteiger partial charge in [0.15, 0.2) is 17.3 Å². The lowest BCUT2D eigenvalue weighted by Gasteiger charge is -2.31. The SMILES string of the molecule is CCOC(=O)C1CCN(Cc2c(O)ccc3c2O/C(=C/c2ccc(OC)c(OC)c2)C3=O)CC1. The maximum Gasteiger partial charge on any atom is 0.309 e. The average molecular weight is 468 g/mol. The summed E-state index contributed by atoms with van der Waals surface area (Å²) in [5.74, 6) is 1.28. The highest BCUT2D eigenvalue weighted by molar-refractivity contribution is 6.15. The molecule has 2 aliphatic heterocycles. The molecule has 180 valence electrons. The van der Waals surface area contributed by atoms with Crippen LogP contribution < -0.4 is 14.2 Å². The molecule has 1 N–H and O–H groups in total. The van der Waals surface area contributed by atoms with Gasteiger partial charge in [0.2, 0.25) is 5.78 Å². The second-order valence-corrected chi connectivity index (χ2v) is 8.30. The summed E-state index contributed by atoms with van der Waals surface area (Å²) in [6.45, 7) is 3.99. The minimum Gasteiger partial charge on any atom is -0.507 e. The van der Waals surface area contributed by atoms with Gasteiger partial charge in [-0.15, -0.1) is 0 Å². The maximum absolute atomic E-state index is 13.0. The number of carbonyl (C=O) groups excluding carboxylic acids is 2. The van der Waals surface area contributed by atoms with E-state index in [2.05, 4.69) is 4.90 Å². The van der Waals surface area contributed by atoms with Crippen LogP contribution in [-0.2, 0) is 16.1 Å². The van der Waals surface area contributed by atoms with Gasteiger partial charge in [0.25, 0.3) is 0 Å². The van der Waals surface area contributed by atoms with Gasteiger partial charge in [-0.25, -0.2) is 0 Å². The Morgan fingerprint density at radius 1 is 1.15 bits per heavy atom. The van der Waals surface area contributed by atoms with Crippen LogP contribution in [0.2, 0.25) is 0 Å². The van der Waals surface area contributed by atoms with Crippen molar-refractivity contribution in [2.75, 3.05) is 33.9 Å². The van der Waals surface area contributed by atoms with Gasteiger partial charge in [-0.3, -0.25) is 14.5 Å². The third kappa shape index (κ3) is 4.72. The molecule has 2 aliphatic rings. The fourth-order valence-electron chi connectivity index (χ4n) is 4.35. The monoisotopic (exact) mass is 467 g/mol. The first kappa shape index (κ1) is 23.6. The van der Waals surface area contributed by atoms with Crippen LogP contribution in [0.5, 0.6) is 23.0 Å². The predicted octanol–water partition coefficient (Wildman–Crippen LogP) is 3.80. The Morgan fingerprint density at radius 3 is 2.56 bits per heavy atom. The number of ketones is 1. The molecular formula is C26H29NO7. The minimum atomic E-state index is -0.243. The van der Waals surface area contributed by atoms with E-state index in [9.17, 15) is 14.7 Å². The van der Waals surface area contributed by atoms with Gasteiger partial charge >= 0.3 is 5.97 Å². The molecule has 1 saturated heterocycles. The number of esters is 1. The number of benzene rings is 2. The van der Waals surface area contributed by atoms with Gasteiger partial charge in [0.1, 0.15) is 11.5 Å². The van der Waals surface area contributed by atoms with Crippen LogP contribution >= 0.6 is 0 Å². The van der Waals surface area contributed by atoms with E-state index in [1.165, 1.54) is 6.07 Å². The summed E-state index contributed by atoms with van der Waals surface area (Å²) in [5, 5.41) is 10.6. The molecule has 0 aromatic heterocycles. The summed E-state index contributed by atoms with van der Waals surface area (Å²) in [6.07, 6.45) is 3.04. The van der Waals surface area contributed by atoms with Crippen molar-refractivity contribution >= 4 is 17.8 Å². The molecule has 0 unspecified atom stereocenters. The highest BCUT2D eigenvalue weighted by Gasteiger charge is 2.33. The van der Waals surface area contributed by atoms with E-state index in [-0.39, 0.29) is 29.2 Å². The Labute approximate surface area is 198 Å². The fraction of sp³-hybridized carbons (Fsp3) is 0.385. The van der Waals surface area contributed by atoms with Crippen molar-refractivity contribution in [2.24, 2.45) is 5.92 Å². The van der Waals surface area contributed by atoms with Crippen molar-refractivity contribution in [1.29, 1.82) is 0 Å². The molecule has 0 atom stereocenters. The highest BCUT2D eigenvalue weighted by atomic mass is 16.5. The van der Waals surface area contributed by atoms with E-state index in [0.717, 1.165) is 5.56 Å². The Hall–Kier alpha value is -3.52. The number of hydrogen-bond donors (Lipinski definition) is 1. The number of methoxy groups -OCH3 is 2. The van der Waals surface area contributed by atoms with Crippen LogP contribution in [0.1, 0.15) is 41.3 Å². The molecule has 0 radical (unpaired) electrons. The number of carbonyl (C=O) groups is 2. The smallest absolute Gasteiger partial charge is 0.309 e. The molecule has 0 bridgehead atoms. The molecule has 0 saturated carbocycles. The number of fused-ring (bicyclic) bond motifs is 1. The number of nitrogens with zero attached hydrogens (tertiary/aromatic N) is 1. The zero-order chi connectivity index (χ0) is 24.2. The van der Waals surface area contributed by atoms with Gasteiger partial charge < -0.3 is 24.1 Å². The van der Waals surface area contributed by atoms with E-state index in [0.29, 0.717) is 67.5 Å². The van der Waals surface area contributed by atoms with Crippen LogP contribution in [-0.4, -0.2) is 55.7 Å². The summed E-state index contributed by atoms with van der Waals surface area (Å²) in [6, 6.07) is 8.44. The largest absolute Gasteiger partial charge is 0.507 e. The van der Waals surface area contributed by atoms with Crippen LogP contribution in [0.15, 0.2) is 36.1 Å². The number of likely N-dealkylation sites (tertiary alicyclic amines) is 1. The number of Topliss-reactive ketones (excluding diaryl/α,β-unsaturated/α-hetero) is 1. The van der Waals surface area contributed by atoms with E-state index in [1.54, 1.807) is 51.5 Å². The van der Waals surface area contributed by atoms with E-state index >= 15 is 0 Å². The molecule has 2 heterocycles. The summed E-state index contributed by atoms with van der Waals surface area (Å²) < 4.78 is 21.7. The first-order valence-electron chi connectivity index (χ1n) is 11.3. The van der Waals surface area contributed by atoms with Crippen molar-refractivity contribution < 1.29 is 33.6 Å². The molecule has 0 aliphatic carbocycles. The van der Waals surface area contributed by atoms with Crippen molar-refractivity contribution in [2.45, 2.75) is 26.3 Å². The first-order chi connectivity index (χ1) is 16.4. The van der Waals surface area contributed by atoms with Crippen molar-refractivity contribution in [3.8, 4) is 23.0 Å². The standard InChI is InChI=1S/C26H29NO7/c1-4-33-26(30)17-9-11-27(12-10-17)15-19-20(28)7-6-18-24(29)23(34-25(18)19)14-16-5-8-21(31-2)22(13-16)32-3/h5-8,13-14,17,28H,4,9-12,15H2,1-3H3/b23-14+.